The summed E-state index contributed by atoms with van der Waals surface area (Å²) in [5, 5.41) is 0.414. The molecule has 0 fully saturated rings. The van der Waals surface area contributed by atoms with Gasteiger partial charge in [0.2, 0.25) is 0 Å². The Hall–Kier alpha value is -1.41. The summed E-state index contributed by atoms with van der Waals surface area (Å²) in [5.74, 6) is 0. The van der Waals surface area contributed by atoms with E-state index in [1.54, 1.807) is 24.3 Å². The third-order valence-electron chi connectivity index (χ3n) is 2.73. The van der Waals surface area contributed by atoms with Gasteiger partial charge in [0.15, 0.2) is 0 Å². The number of rotatable bonds is 3. The number of benzene rings is 2. The maximum Gasteiger partial charge on any atom is 0.264 e. The number of aromatic nitrogens is 2. The van der Waals surface area contributed by atoms with Crippen molar-refractivity contribution in [2.75, 3.05) is 4.72 Å². The number of anilines is 1. The maximum atomic E-state index is 12.5. The molecule has 0 unspecified atom stereocenters. The molecule has 108 valence electrons. The van der Waals surface area contributed by atoms with E-state index in [-0.39, 0.29) is 20.6 Å². The van der Waals surface area contributed by atoms with E-state index in [2.05, 4.69) is 13.5 Å². The highest BCUT2D eigenvalue weighted by molar-refractivity contribution is 7.93. The minimum absolute atomic E-state index is 0.0461. The van der Waals surface area contributed by atoms with E-state index in [9.17, 15) is 8.42 Å². The molecule has 3 rings (SSSR count). The summed E-state index contributed by atoms with van der Waals surface area (Å²) in [5.41, 5.74) is 1.07. The van der Waals surface area contributed by atoms with E-state index < -0.39 is 10.0 Å². The summed E-state index contributed by atoms with van der Waals surface area (Å²) in [6.45, 7) is 0. The molecular formula is C12H7Cl2N3O2S2. The van der Waals surface area contributed by atoms with E-state index in [1.807, 2.05) is 0 Å². The van der Waals surface area contributed by atoms with Crippen LogP contribution in [-0.4, -0.2) is 17.2 Å². The molecule has 0 aliphatic rings. The molecular weight excluding hydrogens is 353 g/mol. The summed E-state index contributed by atoms with van der Waals surface area (Å²) in [6.07, 6.45) is 0. The van der Waals surface area contributed by atoms with Gasteiger partial charge in [0, 0.05) is 0 Å². The van der Waals surface area contributed by atoms with Crippen molar-refractivity contribution in [1.29, 1.82) is 0 Å². The molecule has 21 heavy (non-hydrogen) atoms. The topological polar surface area (TPSA) is 72.0 Å². The Morgan fingerprint density at radius 1 is 1.05 bits per heavy atom. The minimum atomic E-state index is -3.84. The molecule has 3 aromatic rings. The van der Waals surface area contributed by atoms with Crippen LogP contribution in [0, 0.1) is 0 Å². The molecule has 2 aromatic carbocycles. The van der Waals surface area contributed by atoms with Crippen LogP contribution >= 0.6 is 34.9 Å². The number of nitrogens with one attached hydrogen (secondary N) is 1. The second-order valence-corrected chi connectivity index (χ2v) is 7.06. The van der Waals surface area contributed by atoms with Crippen LogP contribution in [0.2, 0.25) is 10.0 Å². The Morgan fingerprint density at radius 3 is 2.62 bits per heavy atom. The lowest BCUT2D eigenvalue weighted by atomic mass is 10.3. The van der Waals surface area contributed by atoms with Gasteiger partial charge in [0.25, 0.3) is 10.0 Å². The average molecular weight is 360 g/mol. The number of fused-ring (bicyclic) bond motifs is 1. The molecule has 1 heterocycles. The monoisotopic (exact) mass is 359 g/mol. The van der Waals surface area contributed by atoms with Gasteiger partial charge in [-0.25, -0.2) is 8.42 Å². The fraction of sp³-hybridized carbons (Fsp3) is 0. The second-order valence-electron chi connectivity index (χ2n) is 4.09. The predicted octanol–water partition coefficient (Wildman–Crippen LogP) is 3.80. The molecule has 9 heteroatoms. The molecule has 0 saturated heterocycles. The Kier molecular flexibility index (Phi) is 3.75. The summed E-state index contributed by atoms with van der Waals surface area (Å²) in [6, 6.07) is 9.49. The summed E-state index contributed by atoms with van der Waals surface area (Å²) in [7, 11) is -3.84. The first kappa shape index (κ1) is 14.5. The first-order valence-electron chi connectivity index (χ1n) is 5.67. The summed E-state index contributed by atoms with van der Waals surface area (Å²) >= 11 is 12.8. The quantitative estimate of drug-likeness (QED) is 0.771. The van der Waals surface area contributed by atoms with Gasteiger partial charge in [-0.15, -0.1) is 0 Å². The van der Waals surface area contributed by atoms with Crippen molar-refractivity contribution >= 4 is 61.7 Å². The van der Waals surface area contributed by atoms with Crippen LogP contribution < -0.4 is 4.72 Å². The third-order valence-corrected chi connectivity index (χ3v) is 5.49. The van der Waals surface area contributed by atoms with E-state index in [1.165, 1.54) is 12.1 Å². The summed E-state index contributed by atoms with van der Waals surface area (Å²) in [4.78, 5) is 0.0461. The van der Waals surface area contributed by atoms with Crippen LogP contribution in [0.25, 0.3) is 11.0 Å². The first-order chi connectivity index (χ1) is 9.99. The van der Waals surface area contributed by atoms with Gasteiger partial charge in [-0.3, -0.25) is 4.72 Å². The minimum Gasteiger partial charge on any atom is -0.278 e. The van der Waals surface area contributed by atoms with Gasteiger partial charge >= 0.3 is 0 Å². The van der Waals surface area contributed by atoms with Gasteiger partial charge < -0.3 is 0 Å². The molecule has 1 aromatic heterocycles. The highest BCUT2D eigenvalue weighted by atomic mass is 35.5. The SMILES string of the molecule is O=S(=O)(Nc1cccc(Cl)c1Cl)c1cccc2nsnc12. The molecule has 0 radical (unpaired) electrons. The van der Waals surface area contributed by atoms with E-state index in [4.69, 9.17) is 23.2 Å². The number of hydrogen-bond donors (Lipinski definition) is 1. The third kappa shape index (κ3) is 2.69. The number of nitrogens with zero attached hydrogens (tertiary/aromatic N) is 2. The van der Waals surface area contributed by atoms with Gasteiger partial charge in [-0.2, -0.15) is 8.75 Å². The maximum absolute atomic E-state index is 12.5. The normalized spacial score (nSPS) is 11.7. The average Bonchev–Trinajstić information content (AvgIpc) is 2.91. The van der Waals surface area contributed by atoms with E-state index >= 15 is 0 Å². The zero-order valence-electron chi connectivity index (χ0n) is 10.2. The van der Waals surface area contributed by atoms with Crippen molar-refractivity contribution in [2.24, 2.45) is 0 Å². The molecule has 0 saturated carbocycles. The zero-order chi connectivity index (χ0) is 15.0. The van der Waals surface area contributed by atoms with Crippen molar-refractivity contribution < 1.29 is 8.42 Å². The van der Waals surface area contributed by atoms with Crippen molar-refractivity contribution in [3.05, 3.63) is 46.4 Å². The van der Waals surface area contributed by atoms with Crippen LogP contribution in [0.3, 0.4) is 0 Å². The van der Waals surface area contributed by atoms with Crippen molar-refractivity contribution in [2.45, 2.75) is 4.90 Å². The zero-order valence-corrected chi connectivity index (χ0v) is 13.4. The lowest BCUT2D eigenvalue weighted by molar-refractivity contribution is 0.602. The smallest absolute Gasteiger partial charge is 0.264 e. The standard InChI is InChI=1S/C12H7Cl2N3O2S2/c13-7-3-1-4-8(11(7)14)17-21(18,19)10-6-2-5-9-12(10)16-20-15-9/h1-6,17H. The van der Waals surface area contributed by atoms with Crippen molar-refractivity contribution in [3.8, 4) is 0 Å². The van der Waals surface area contributed by atoms with Crippen LogP contribution in [0.15, 0.2) is 41.3 Å². The lowest BCUT2D eigenvalue weighted by Gasteiger charge is -2.10. The predicted molar refractivity (Wildman–Crippen MR) is 84.7 cm³/mol. The Morgan fingerprint density at radius 2 is 1.81 bits per heavy atom. The molecule has 0 amide bonds. The fourth-order valence-corrected chi connectivity index (χ4v) is 4.02. The molecule has 0 bridgehead atoms. The van der Waals surface area contributed by atoms with Crippen LogP contribution in [0.5, 0.6) is 0 Å². The van der Waals surface area contributed by atoms with Crippen molar-refractivity contribution in [3.63, 3.8) is 0 Å². The Balaban J connectivity index is 2.09. The molecule has 5 nitrogen and oxygen atoms in total. The largest absolute Gasteiger partial charge is 0.278 e. The lowest BCUT2D eigenvalue weighted by Crippen LogP contribution is -2.13. The number of hydrogen-bond acceptors (Lipinski definition) is 5. The van der Waals surface area contributed by atoms with Gasteiger partial charge in [-0.05, 0) is 24.3 Å². The van der Waals surface area contributed by atoms with Gasteiger partial charge in [0.1, 0.15) is 15.9 Å². The van der Waals surface area contributed by atoms with Crippen LogP contribution in [0.4, 0.5) is 5.69 Å². The highest BCUT2D eigenvalue weighted by Crippen LogP contribution is 2.32. The first-order valence-corrected chi connectivity index (χ1v) is 8.64. The molecule has 0 atom stereocenters. The fourth-order valence-electron chi connectivity index (χ4n) is 1.78. The highest BCUT2D eigenvalue weighted by Gasteiger charge is 2.21. The van der Waals surface area contributed by atoms with Crippen LogP contribution in [0.1, 0.15) is 0 Å². The Labute approximate surface area is 134 Å². The van der Waals surface area contributed by atoms with E-state index in [0.717, 1.165) is 11.7 Å². The number of halogens is 2. The van der Waals surface area contributed by atoms with Crippen molar-refractivity contribution in [1.82, 2.24) is 8.75 Å². The van der Waals surface area contributed by atoms with Crippen LogP contribution in [-0.2, 0) is 10.0 Å². The van der Waals surface area contributed by atoms with Gasteiger partial charge in [-0.1, -0.05) is 35.3 Å². The molecule has 1 N–H and O–H groups in total. The van der Waals surface area contributed by atoms with E-state index in [0.29, 0.717) is 11.0 Å². The second kappa shape index (κ2) is 5.42. The molecule has 0 aliphatic carbocycles. The van der Waals surface area contributed by atoms with Gasteiger partial charge in [0.05, 0.1) is 27.5 Å². The molecule has 0 spiro atoms. The number of sulfonamides is 1. The Bertz CT molecular complexity index is 925. The molecule has 0 aliphatic heterocycles. The summed E-state index contributed by atoms with van der Waals surface area (Å²) < 4.78 is 35.5.